The third kappa shape index (κ3) is 3.87. The van der Waals surface area contributed by atoms with Gasteiger partial charge in [-0.2, -0.15) is 0 Å². The number of carbonyl (C=O) groups is 1. The molecule has 1 aliphatic rings. The van der Waals surface area contributed by atoms with E-state index in [-0.39, 0.29) is 18.6 Å². The molecule has 1 saturated heterocycles. The third-order valence-electron chi connectivity index (χ3n) is 3.95. The molecule has 21 heavy (non-hydrogen) atoms. The molecule has 1 aromatic carbocycles. The molecule has 1 aliphatic heterocycles. The molecule has 0 atom stereocenters. The molecule has 2 rings (SSSR count). The molecular formula is C15H22ClN3O2. The van der Waals surface area contributed by atoms with E-state index in [0.717, 1.165) is 25.9 Å². The van der Waals surface area contributed by atoms with Crippen LogP contribution in [0.3, 0.4) is 0 Å². The number of piperidine rings is 1. The van der Waals surface area contributed by atoms with Crippen molar-refractivity contribution in [2.24, 2.45) is 0 Å². The highest BCUT2D eigenvalue weighted by Gasteiger charge is 2.28. The standard InChI is InChI=1S/C15H22ClN3O2/c1-18-6-4-12(5-7-18)19(8-9-20)15(21)13-3-2-11(17)10-14(13)16/h2-3,10,12,20H,4-9,17H2,1H3. The molecule has 5 nitrogen and oxygen atoms in total. The van der Waals surface area contributed by atoms with Crippen molar-refractivity contribution in [1.82, 2.24) is 9.80 Å². The van der Waals surface area contributed by atoms with Gasteiger partial charge in [0, 0.05) is 18.3 Å². The van der Waals surface area contributed by atoms with Gasteiger partial charge in [-0.1, -0.05) is 11.6 Å². The average Bonchev–Trinajstić information content (AvgIpc) is 2.45. The molecule has 0 spiro atoms. The van der Waals surface area contributed by atoms with Crippen LogP contribution in [0, 0.1) is 0 Å². The fourth-order valence-corrected chi connectivity index (χ4v) is 2.99. The fraction of sp³-hybridized carbons (Fsp3) is 0.533. The van der Waals surface area contributed by atoms with Crippen LogP contribution in [0.5, 0.6) is 0 Å². The third-order valence-corrected chi connectivity index (χ3v) is 4.27. The molecule has 0 unspecified atom stereocenters. The minimum absolute atomic E-state index is 0.0509. The van der Waals surface area contributed by atoms with E-state index in [1.807, 2.05) is 0 Å². The van der Waals surface area contributed by atoms with Gasteiger partial charge in [-0.15, -0.1) is 0 Å². The lowest BCUT2D eigenvalue weighted by Gasteiger charge is -2.37. The predicted molar refractivity (Wildman–Crippen MR) is 84.5 cm³/mol. The molecule has 0 aromatic heterocycles. The molecule has 0 radical (unpaired) electrons. The highest BCUT2D eigenvalue weighted by Crippen LogP contribution is 2.24. The zero-order valence-corrected chi connectivity index (χ0v) is 13.0. The summed E-state index contributed by atoms with van der Waals surface area (Å²) in [6.07, 6.45) is 1.82. The SMILES string of the molecule is CN1CCC(N(CCO)C(=O)c2ccc(N)cc2Cl)CC1. The number of hydrogen-bond donors (Lipinski definition) is 2. The first-order valence-corrected chi connectivity index (χ1v) is 7.56. The van der Waals surface area contributed by atoms with Gasteiger partial charge in [-0.25, -0.2) is 0 Å². The highest BCUT2D eigenvalue weighted by molar-refractivity contribution is 6.34. The molecule has 0 saturated carbocycles. The smallest absolute Gasteiger partial charge is 0.255 e. The largest absolute Gasteiger partial charge is 0.399 e. The number of aliphatic hydroxyl groups is 1. The van der Waals surface area contributed by atoms with Crippen molar-refractivity contribution in [2.75, 3.05) is 39.0 Å². The number of anilines is 1. The normalized spacial score (nSPS) is 16.9. The summed E-state index contributed by atoms with van der Waals surface area (Å²) in [6, 6.07) is 5.06. The Balaban J connectivity index is 2.18. The monoisotopic (exact) mass is 311 g/mol. The van der Waals surface area contributed by atoms with Crippen LogP contribution in [0.25, 0.3) is 0 Å². The number of carbonyl (C=O) groups excluding carboxylic acids is 1. The second-order valence-corrected chi connectivity index (χ2v) is 5.90. The van der Waals surface area contributed by atoms with Gasteiger partial charge in [0.15, 0.2) is 0 Å². The molecule has 6 heteroatoms. The molecule has 1 fully saturated rings. The van der Waals surface area contributed by atoms with Gasteiger partial charge in [0.1, 0.15) is 0 Å². The Hall–Kier alpha value is -1.30. The summed E-state index contributed by atoms with van der Waals surface area (Å²) in [4.78, 5) is 16.7. The van der Waals surface area contributed by atoms with E-state index in [0.29, 0.717) is 22.8 Å². The topological polar surface area (TPSA) is 69.8 Å². The summed E-state index contributed by atoms with van der Waals surface area (Å²) < 4.78 is 0. The zero-order chi connectivity index (χ0) is 15.4. The number of hydrogen-bond acceptors (Lipinski definition) is 4. The molecule has 1 amide bonds. The second-order valence-electron chi connectivity index (χ2n) is 5.50. The Morgan fingerprint density at radius 3 is 2.71 bits per heavy atom. The number of aliphatic hydroxyl groups excluding tert-OH is 1. The van der Waals surface area contributed by atoms with Crippen LogP contribution < -0.4 is 5.73 Å². The van der Waals surface area contributed by atoms with Gasteiger partial charge in [-0.3, -0.25) is 4.79 Å². The maximum absolute atomic E-state index is 12.7. The molecule has 0 bridgehead atoms. The van der Waals surface area contributed by atoms with E-state index < -0.39 is 0 Å². The first kappa shape index (κ1) is 16.1. The summed E-state index contributed by atoms with van der Waals surface area (Å²) in [5.74, 6) is -0.136. The summed E-state index contributed by atoms with van der Waals surface area (Å²) in [5.41, 5.74) is 6.64. The van der Waals surface area contributed by atoms with Gasteiger partial charge < -0.3 is 20.6 Å². The van der Waals surface area contributed by atoms with Gasteiger partial charge >= 0.3 is 0 Å². The van der Waals surface area contributed by atoms with E-state index in [9.17, 15) is 9.90 Å². The van der Waals surface area contributed by atoms with Gasteiger partial charge in [0.25, 0.3) is 5.91 Å². The molecular weight excluding hydrogens is 290 g/mol. The fourth-order valence-electron chi connectivity index (χ4n) is 2.72. The Morgan fingerprint density at radius 2 is 2.14 bits per heavy atom. The van der Waals surface area contributed by atoms with Crippen molar-refractivity contribution < 1.29 is 9.90 Å². The first-order valence-electron chi connectivity index (χ1n) is 7.18. The van der Waals surface area contributed by atoms with Crippen molar-refractivity contribution in [2.45, 2.75) is 18.9 Å². The van der Waals surface area contributed by atoms with Gasteiger partial charge in [0.2, 0.25) is 0 Å². The van der Waals surface area contributed by atoms with Crippen molar-refractivity contribution >= 4 is 23.2 Å². The lowest BCUT2D eigenvalue weighted by Crippen LogP contribution is -2.47. The Labute approximate surface area is 130 Å². The van der Waals surface area contributed by atoms with Crippen LogP contribution in [-0.4, -0.2) is 60.1 Å². The quantitative estimate of drug-likeness (QED) is 0.826. The molecule has 0 aliphatic carbocycles. The summed E-state index contributed by atoms with van der Waals surface area (Å²) in [7, 11) is 2.07. The van der Waals surface area contributed by atoms with Gasteiger partial charge in [-0.05, 0) is 51.2 Å². The minimum atomic E-state index is -0.136. The predicted octanol–water partition coefficient (Wildman–Crippen LogP) is 1.45. The average molecular weight is 312 g/mol. The number of benzene rings is 1. The second kappa shape index (κ2) is 7.11. The van der Waals surface area contributed by atoms with Crippen LogP contribution in [0.1, 0.15) is 23.2 Å². The van der Waals surface area contributed by atoms with Crippen LogP contribution in [-0.2, 0) is 0 Å². The number of amides is 1. The number of rotatable bonds is 4. The van der Waals surface area contributed by atoms with Crippen molar-refractivity contribution in [1.29, 1.82) is 0 Å². The van der Waals surface area contributed by atoms with E-state index in [2.05, 4.69) is 11.9 Å². The van der Waals surface area contributed by atoms with Gasteiger partial charge in [0.05, 0.1) is 17.2 Å². The summed E-state index contributed by atoms with van der Waals surface area (Å²) in [5, 5.41) is 9.63. The Kier molecular flexibility index (Phi) is 5.45. The van der Waals surface area contributed by atoms with E-state index in [1.165, 1.54) is 0 Å². The van der Waals surface area contributed by atoms with Crippen molar-refractivity contribution in [3.05, 3.63) is 28.8 Å². The van der Waals surface area contributed by atoms with E-state index >= 15 is 0 Å². The molecule has 3 N–H and O–H groups in total. The lowest BCUT2D eigenvalue weighted by atomic mass is 10.0. The number of halogens is 1. The minimum Gasteiger partial charge on any atom is -0.399 e. The Bertz CT molecular complexity index is 502. The van der Waals surface area contributed by atoms with Crippen LogP contribution in [0.2, 0.25) is 5.02 Å². The molecule has 116 valence electrons. The highest BCUT2D eigenvalue weighted by atomic mass is 35.5. The molecule has 1 aromatic rings. The van der Waals surface area contributed by atoms with E-state index in [4.69, 9.17) is 17.3 Å². The number of likely N-dealkylation sites (tertiary alicyclic amines) is 1. The van der Waals surface area contributed by atoms with Crippen molar-refractivity contribution in [3.8, 4) is 0 Å². The van der Waals surface area contributed by atoms with Crippen molar-refractivity contribution in [3.63, 3.8) is 0 Å². The number of nitrogen functional groups attached to an aromatic ring is 1. The van der Waals surface area contributed by atoms with Crippen LogP contribution >= 0.6 is 11.6 Å². The maximum atomic E-state index is 12.7. The summed E-state index contributed by atoms with van der Waals surface area (Å²) >= 11 is 6.13. The summed E-state index contributed by atoms with van der Waals surface area (Å²) in [6.45, 7) is 2.18. The zero-order valence-electron chi connectivity index (χ0n) is 12.3. The first-order chi connectivity index (χ1) is 10.0. The molecule has 1 heterocycles. The lowest BCUT2D eigenvalue weighted by molar-refractivity contribution is 0.0540. The number of nitrogens with zero attached hydrogens (tertiary/aromatic N) is 2. The van der Waals surface area contributed by atoms with E-state index in [1.54, 1.807) is 23.1 Å². The maximum Gasteiger partial charge on any atom is 0.255 e. The number of nitrogens with two attached hydrogens (primary N) is 1. The Morgan fingerprint density at radius 1 is 1.48 bits per heavy atom. The van der Waals surface area contributed by atoms with Crippen LogP contribution in [0.15, 0.2) is 18.2 Å². The van der Waals surface area contributed by atoms with Crippen LogP contribution in [0.4, 0.5) is 5.69 Å².